The highest BCUT2D eigenvalue weighted by molar-refractivity contribution is 7.85. The van der Waals surface area contributed by atoms with Gasteiger partial charge in [-0.2, -0.15) is 0 Å². The van der Waals surface area contributed by atoms with Crippen LogP contribution in [-0.4, -0.2) is 62.8 Å². The van der Waals surface area contributed by atoms with E-state index in [-0.39, 0.29) is 17.6 Å². The number of hydrogen-bond donors (Lipinski definition) is 1. The molecule has 1 N–H and O–H groups in total. The summed E-state index contributed by atoms with van der Waals surface area (Å²) in [6, 6.07) is 0. The maximum Gasteiger partial charge on any atom is 0.222 e. The number of unbranched alkanes of at least 4 members (excludes halogenated alkanes) is 1. The van der Waals surface area contributed by atoms with Crippen LogP contribution in [0.15, 0.2) is 0 Å². The van der Waals surface area contributed by atoms with Gasteiger partial charge in [-0.15, -0.1) is 0 Å². The Morgan fingerprint density at radius 2 is 1.76 bits per heavy atom. The summed E-state index contributed by atoms with van der Waals surface area (Å²) in [6.07, 6.45) is 2.86. The molecular weight excluding hydrogens is 292 g/mol. The lowest BCUT2D eigenvalue weighted by Crippen LogP contribution is -2.42. The standard InChI is InChI=1S/C14H30N2O4S/c1-5-13(2)14(17)15-9-8-11-16(3,4)10-6-7-12-21(18,19)20/h13H,5-12H2,1-4H3,(H-,15,17,18,19,20). The monoisotopic (exact) mass is 322 g/mol. The Morgan fingerprint density at radius 3 is 2.29 bits per heavy atom. The molecule has 0 aromatic heterocycles. The van der Waals surface area contributed by atoms with Gasteiger partial charge in [0.1, 0.15) is 0 Å². The Kier molecular flexibility index (Phi) is 9.08. The maximum absolute atomic E-state index is 11.6. The van der Waals surface area contributed by atoms with Gasteiger partial charge in [0, 0.05) is 24.6 Å². The van der Waals surface area contributed by atoms with Crippen molar-refractivity contribution in [2.75, 3.05) is 39.5 Å². The van der Waals surface area contributed by atoms with Crippen molar-refractivity contribution in [2.45, 2.75) is 39.5 Å². The lowest BCUT2D eigenvalue weighted by Gasteiger charge is -2.30. The number of hydrogen-bond acceptors (Lipinski definition) is 4. The predicted octanol–water partition coefficient (Wildman–Crippen LogP) is 0.941. The van der Waals surface area contributed by atoms with Gasteiger partial charge in [-0.1, -0.05) is 13.8 Å². The zero-order chi connectivity index (χ0) is 16.5. The van der Waals surface area contributed by atoms with Crippen molar-refractivity contribution in [3.8, 4) is 0 Å². The molecule has 0 aliphatic carbocycles. The smallest absolute Gasteiger partial charge is 0.222 e. The Hall–Kier alpha value is -0.660. The molecule has 1 unspecified atom stereocenters. The van der Waals surface area contributed by atoms with Gasteiger partial charge in [0.15, 0.2) is 0 Å². The summed E-state index contributed by atoms with van der Waals surface area (Å²) in [5.41, 5.74) is 0. The Bertz CT molecular complexity index is 407. The molecule has 0 heterocycles. The van der Waals surface area contributed by atoms with Crippen molar-refractivity contribution in [1.82, 2.24) is 5.32 Å². The van der Waals surface area contributed by atoms with Crippen LogP contribution >= 0.6 is 0 Å². The summed E-state index contributed by atoms with van der Waals surface area (Å²) < 4.78 is 32.3. The summed E-state index contributed by atoms with van der Waals surface area (Å²) in [6.45, 7) is 6.31. The van der Waals surface area contributed by atoms with Gasteiger partial charge in [0.25, 0.3) is 0 Å². The Morgan fingerprint density at radius 1 is 1.19 bits per heavy atom. The van der Waals surface area contributed by atoms with E-state index in [0.29, 0.717) is 19.4 Å². The van der Waals surface area contributed by atoms with Gasteiger partial charge in [0.2, 0.25) is 5.91 Å². The fraction of sp³-hybridized carbons (Fsp3) is 0.929. The highest BCUT2D eigenvalue weighted by atomic mass is 32.2. The number of carbonyl (C=O) groups excluding carboxylic acids is 1. The Labute approximate surface area is 129 Å². The first kappa shape index (κ1) is 20.3. The topological polar surface area (TPSA) is 86.3 Å². The van der Waals surface area contributed by atoms with Gasteiger partial charge in [-0.25, -0.2) is 8.42 Å². The second-order valence-corrected chi connectivity index (χ2v) is 7.83. The molecule has 0 bridgehead atoms. The van der Waals surface area contributed by atoms with E-state index in [1.165, 1.54) is 0 Å². The molecule has 0 aromatic carbocycles. The van der Waals surface area contributed by atoms with Crippen LogP contribution < -0.4 is 5.32 Å². The molecule has 0 rings (SSSR count). The summed E-state index contributed by atoms with van der Waals surface area (Å²) in [4.78, 5) is 11.6. The fourth-order valence-corrected chi connectivity index (χ4v) is 2.57. The number of amides is 1. The quantitative estimate of drug-likeness (QED) is 0.348. The molecule has 0 aliphatic rings. The minimum atomic E-state index is -4.09. The zero-order valence-electron chi connectivity index (χ0n) is 13.7. The molecule has 0 aromatic rings. The van der Waals surface area contributed by atoms with Crippen LogP contribution in [0, 0.1) is 5.92 Å². The van der Waals surface area contributed by atoms with Crippen LogP contribution in [0.25, 0.3) is 0 Å². The number of nitrogens with one attached hydrogen (secondary N) is 1. The van der Waals surface area contributed by atoms with Gasteiger partial charge < -0.3 is 14.4 Å². The first-order valence-corrected chi connectivity index (χ1v) is 9.18. The number of carbonyl (C=O) groups is 1. The molecule has 1 atom stereocenters. The molecule has 126 valence electrons. The largest absolute Gasteiger partial charge is 0.748 e. The summed E-state index contributed by atoms with van der Waals surface area (Å²) in [5, 5.41) is 2.92. The number of quaternary nitrogens is 1. The summed E-state index contributed by atoms with van der Waals surface area (Å²) in [5.74, 6) is -0.122. The van der Waals surface area contributed by atoms with Gasteiger partial charge in [-0.3, -0.25) is 4.79 Å². The van der Waals surface area contributed by atoms with Gasteiger partial charge in [0.05, 0.1) is 37.3 Å². The Balaban J connectivity index is 3.80. The number of nitrogens with zero attached hydrogens (tertiary/aromatic N) is 1. The maximum atomic E-state index is 11.6. The summed E-state index contributed by atoms with van der Waals surface area (Å²) in [7, 11) is 0.0557. The van der Waals surface area contributed by atoms with Crippen molar-refractivity contribution in [2.24, 2.45) is 5.92 Å². The average Bonchev–Trinajstić information content (AvgIpc) is 2.37. The molecule has 1 amide bonds. The lowest BCUT2D eigenvalue weighted by molar-refractivity contribution is -0.890. The molecule has 0 saturated heterocycles. The lowest BCUT2D eigenvalue weighted by atomic mass is 10.1. The van der Waals surface area contributed by atoms with Crippen LogP contribution in [0.1, 0.15) is 39.5 Å². The van der Waals surface area contributed by atoms with E-state index in [4.69, 9.17) is 0 Å². The average molecular weight is 322 g/mol. The highest BCUT2D eigenvalue weighted by Crippen LogP contribution is 2.05. The molecule has 0 fully saturated rings. The number of rotatable bonds is 11. The third-order valence-corrected chi connectivity index (χ3v) is 4.50. The van der Waals surface area contributed by atoms with Crippen LogP contribution in [0.2, 0.25) is 0 Å². The van der Waals surface area contributed by atoms with Crippen molar-refractivity contribution in [1.29, 1.82) is 0 Å². The molecule has 0 radical (unpaired) electrons. The fourth-order valence-electron chi connectivity index (χ4n) is 2.01. The first-order chi connectivity index (χ1) is 9.57. The van der Waals surface area contributed by atoms with Crippen molar-refractivity contribution in [3.05, 3.63) is 0 Å². The van der Waals surface area contributed by atoms with Crippen LogP contribution in [0.3, 0.4) is 0 Å². The molecule has 0 saturated carbocycles. The first-order valence-electron chi connectivity index (χ1n) is 7.60. The molecule has 6 nitrogen and oxygen atoms in total. The molecule has 0 spiro atoms. The normalized spacial score (nSPS) is 14.0. The van der Waals surface area contributed by atoms with Gasteiger partial charge in [-0.05, 0) is 19.3 Å². The van der Waals surface area contributed by atoms with Crippen LogP contribution in [0.4, 0.5) is 0 Å². The van der Waals surface area contributed by atoms with E-state index >= 15 is 0 Å². The molecule has 21 heavy (non-hydrogen) atoms. The summed E-state index contributed by atoms with van der Waals surface area (Å²) >= 11 is 0. The van der Waals surface area contributed by atoms with E-state index in [1.807, 2.05) is 13.8 Å². The van der Waals surface area contributed by atoms with Gasteiger partial charge >= 0.3 is 0 Å². The molecule has 7 heteroatoms. The van der Waals surface area contributed by atoms with Crippen molar-refractivity contribution < 1.29 is 22.2 Å². The zero-order valence-corrected chi connectivity index (χ0v) is 14.5. The third kappa shape index (κ3) is 11.7. The highest BCUT2D eigenvalue weighted by Gasteiger charge is 2.15. The van der Waals surface area contributed by atoms with E-state index in [9.17, 15) is 17.8 Å². The third-order valence-electron chi connectivity index (χ3n) is 3.71. The molecular formula is C14H30N2O4S. The van der Waals surface area contributed by atoms with Crippen LogP contribution in [0.5, 0.6) is 0 Å². The minimum Gasteiger partial charge on any atom is -0.748 e. The molecule has 0 aliphatic heterocycles. The minimum absolute atomic E-state index is 0.0570. The predicted molar refractivity (Wildman–Crippen MR) is 82.7 cm³/mol. The van der Waals surface area contributed by atoms with Crippen LogP contribution in [-0.2, 0) is 14.9 Å². The second kappa shape index (κ2) is 9.38. The van der Waals surface area contributed by atoms with E-state index < -0.39 is 10.1 Å². The van der Waals surface area contributed by atoms with Crippen molar-refractivity contribution in [3.63, 3.8) is 0 Å². The van der Waals surface area contributed by atoms with E-state index in [2.05, 4.69) is 19.4 Å². The second-order valence-electron chi connectivity index (χ2n) is 6.31. The van der Waals surface area contributed by atoms with Crippen molar-refractivity contribution >= 4 is 16.0 Å². The SMILES string of the molecule is CCC(C)C(=O)NCCC[N+](C)(C)CCCCS(=O)(=O)[O-]. The van der Waals surface area contributed by atoms with E-state index in [1.54, 1.807) is 0 Å². The van der Waals surface area contributed by atoms with E-state index in [0.717, 1.165) is 30.4 Å².